The van der Waals surface area contributed by atoms with Gasteiger partial charge in [-0.2, -0.15) is 0 Å². The van der Waals surface area contributed by atoms with Gasteiger partial charge in [0.1, 0.15) is 5.75 Å². The molecule has 20 heavy (non-hydrogen) atoms. The van der Waals surface area contributed by atoms with Crippen LogP contribution in [0.15, 0.2) is 29.2 Å². The third-order valence-electron chi connectivity index (χ3n) is 2.89. The smallest absolute Gasteiger partial charge is 0.335 e. The lowest BCUT2D eigenvalue weighted by Crippen LogP contribution is -2.35. The molecule has 1 aromatic carbocycles. The van der Waals surface area contributed by atoms with E-state index < -0.39 is 27.5 Å². The Kier molecular flexibility index (Phi) is 5.26. The number of carbonyl (C=O) groups excluding carboxylic acids is 1. The summed E-state index contributed by atoms with van der Waals surface area (Å²) in [5.41, 5.74) is -0.000908. The largest absolute Gasteiger partial charge is 0.478 e. The van der Waals surface area contributed by atoms with Crippen LogP contribution in [0.1, 0.15) is 24.2 Å². The summed E-state index contributed by atoms with van der Waals surface area (Å²) >= 11 is 0. The summed E-state index contributed by atoms with van der Waals surface area (Å²) in [6, 6.07) is 4.82. The molecule has 0 saturated heterocycles. The van der Waals surface area contributed by atoms with Gasteiger partial charge in [-0.3, -0.25) is 4.79 Å². The number of amides is 1. The van der Waals surface area contributed by atoms with Crippen molar-refractivity contribution < 1.29 is 23.1 Å². The van der Waals surface area contributed by atoms with Crippen molar-refractivity contribution in [1.29, 1.82) is 0 Å². The van der Waals surface area contributed by atoms with Gasteiger partial charge in [-0.15, -0.1) is 0 Å². The predicted molar refractivity (Wildman–Crippen MR) is 73.4 cm³/mol. The fourth-order valence-electron chi connectivity index (χ4n) is 1.72. The van der Waals surface area contributed by atoms with Crippen molar-refractivity contribution in [3.05, 3.63) is 29.8 Å². The van der Waals surface area contributed by atoms with Crippen LogP contribution < -0.4 is 0 Å². The Morgan fingerprint density at radius 2 is 1.60 bits per heavy atom. The number of nitrogens with zero attached hydrogens (tertiary/aromatic N) is 1. The Bertz CT molecular complexity index is 588. The maximum atomic E-state index is 12.1. The molecule has 1 aromatic rings. The first-order valence-corrected chi connectivity index (χ1v) is 7.81. The van der Waals surface area contributed by atoms with Crippen molar-refractivity contribution in [2.75, 3.05) is 18.8 Å². The maximum Gasteiger partial charge on any atom is 0.335 e. The summed E-state index contributed by atoms with van der Waals surface area (Å²) < 4.78 is 24.1. The number of hydrogen-bond acceptors (Lipinski definition) is 4. The molecular weight excluding hydrogens is 282 g/mol. The average molecular weight is 299 g/mol. The summed E-state index contributed by atoms with van der Waals surface area (Å²) in [7, 11) is -3.75. The van der Waals surface area contributed by atoms with Gasteiger partial charge in [-0.1, -0.05) is 0 Å². The van der Waals surface area contributed by atoms with Crippen LogP contribution in [0.2, 0.25) is 0 Å². The highest BCUT2D eigenvalue weighted by Gasteiger charge is 2.22. The van der Waals surface area contributed by atoms with Crippen LogP contribution in [0.25, 0.3) is 0 Å². The number of aromatic carboxylic acids is 1. The minimum Gasteiger partial charge on any atom is -0.478 e. The van der Waals surface area contributed by atoms with E-state index in [0.717, 1.165) is 0 Å². The van der Waals surface area contributed by atoms with E-state index in [2.05, 4.69) is 0 Å². The van der Waals surface area contributed by atoms with Crippen LogP contribution in [0, 0.1) is 0 Å². The Morgan fingerprint density at radius 3 is 2.00 bits per heavy atom. The highest BCUT2D eigenvalue weighted by molar-refractivity contribution is 7.92. The van der Waals surface area contributed by atoms with Gasteiger partial charge in [-0.05, 0) is 38.1 Å². The summed E-state index contributed by atoms with van der Waals surface area (Å²) in [5.74, 6) is -2.20. The molecule has 0 unspecified atom stereocenters. The maximum absolute atomic E-state index is 12.1. The summed E-state index contributed by atoms with van der Waals surface area (Å²) in [4.78, 5) is 23.9. The number of hydrogen-bond donors (Lipinski definition) is 1. The number of sulfone groups is 1. The summed E-state index contributed by atoms with van der Waals surface area (Å²) in [5, 5.41) is 8.75. The Morgan fingerprint density at radius 1 is 1.10 bits per heavy atom. The van der Waals surface area contributed by atoms with E-state index >= 15 is 0 Å². The molecule has 0 heterocycles. The van der Waals surface area contributed by atoms with E-state index in [4.69, 9.17) is 5.11 Å². The van der Waals surface area contributed by atoms with Gasteiger partial charge in [-0.25, -0.2) is 13.2 Å². The molecule has 7 heteroatoms. The fourth-order valence-corrected chi connectivity index (χ4v) is 2.94. The molecule has 0 aliphatic heterocycles. The van der Waals surface area contributed by atoms with Gasteiger partial charge in [0, 0.05) is 13.1 Å². The van der Waals surface area contributed by atoms with Gasteiger partial charge < -0.3 is 10.0 Å². The highest BCUT2D eigenvalue weighted by Crippen LogP contribution is 2.13. The van der Waals surface area contributed by atoms with E-state index in [0.29, 0.717) is 13.1 Å². The molecule has 0 aliphatic rings. The van der Waals surface area contributed by atoms with E-state index in [1.54, 1.807) is 13.8 Å². The number of carbonyl (C=O) groups is 2. The summed E-state index contributed by atoms with van der Waals surface area (Å²) in [6.45, 7) is 4.44. The molecule has 0 atom stereocenters. The normalized spacial score (nSPS) is 11.1. The molecule has 0 spiro atoms. The lowest BCUT2D eigenvalue weighted by atomic mass is 10.2. The summed E-state index contributed by atoms with van der Waals surface area (Å²) in [6.07, 6.45) is 0. The molecule has 0 fully saturated rings. The second-order valence-electron chi connectivity index (χ2n) is 4.15. The zero-order valence-electron chi connectivity index (χ0n) is 11.4. The third-order valence-corrected chi connectivity index (χ3v) is 4.51. The van der Waals surface area contributed by atoms with Gasteiger partial charge in [0.05, 0.1) is 10.5 Å². The van der Waals surface area contributed by atoms with Crippen LogP contribution in [0.4, 0.5) is 0 Å². The van der Waals surface area contributed by atoms with E-state index in [-0.39, 0.29) is 10.5 Å². The minimum atomic E-state index is -3.75. The van der Waals surface area contributed by atoms with Crippen molar-refractivity contribution >= 4 is 21.7 Å². The molecule has 1 amide bonds. The van der Waals surface area contributed by atoms with Crippen LogP contribution in [-0.2, 0) is 14.6 Å². The zero-order valence-corrected chi connectivity index (χ0v) is 12.2. The lowest BCUT2D eigenvalue weighted by Gasteiger charge is -2.18. The number of rotatable bonds is 6. The first kappa shape index (κ1) is 16.2. The first-order chi connectivity index (χ1) is 9.31. The fraction of sp³-hybridized carbons (Fsp3) is 0.385. The van der Waals surface area contributed by atoms with Crippen LogP contribution in [0.3, 0.4) is 0 Å². The lowest BCUT2D eigenvalue weighted by molar-refractivity contribution is -0.128. The first-order valence-electron chi connectivity index (χ1n) is 6.15. The van der Waals surface area contributed by atoms with Crippen molar-refractivity contribution in [2.24, 2.45) is 0 Å². The Balaban J connectivity index is 2.94. The Hall–Kier alpha value is -1.89. The zero-order chi connectivity index (χ0) is 15.3. The predicted octanol–water partition coefficient (Wildman–Crippen LogP) is 1.03. The van der Waals surface area contributed by atoms with Gasteiger partial charge >= 0.3 is 5.97 Å². The van der Waals surface area contributed by atoms with Gasteiger partial charge in [0.2, 0.25) is 5.91 Å². The van der Waals surface area contributed by atoms with Crippen molar-refractivity contribution in [3.8, 4) is 0 Å². The van der Waals surface area contributed by atoms with Crippen molar-refractivity contribution in [2.45, 2.75) is 18.7 Å². The average Bonchev–Trinajstić information content (AvgIpc) is 2.39. The SMILES string of the molecule is CCN(CC)C(=O)CS(=O)(=O)c1ccc(C(=O)O)cc1. The highest BCUT2D eigenvalue weighted by atomic mass is 32.2. The quantitative estimate of drug-likeness (QED) is 0.847. The monoisotopic (exact) mass is 299 g/mol. The van der Waals surface area contributed by atoms with Crippen LogP contribution in [0.5, 0.6) is 0 Å². The molecule has 0 saturated carbocycles. The molecule has 1 rings (SSSR count). The molecule has 110 valence electrons. The number of carboxylic acid groups (broad SMARTS) is 1. The molecule has 0 aromatic heterocycles. The third kappa shape index (κ3) is 3.80. The molecule has 0 bridgehead atoms. The van der Waals surface area contributed by atoms with Crippen molar-refractivity contribution in [3.63, 3.8) is 0 Å². The number of carboxylic acids is 1. The molecule has 0 aliphatic carbocycles. The van der Waals surface area contributed by atoms with E-state index in [1.807, 2.05) is 0 Å². The van der Waals surface area contributed by atoms with Gasteiger partial charge in [0.15, 0.2) is 9.84 Å². The molecule has 1 N–H and O–H groups in total. The van der Waals surface area contributed by atoms with E-state index in [9.17, 15) is 18.0 Å². The molecule has 0 radical (unpaired) electrons. The van der Waals surface area contributed by atoms with Crippen LogP contribution >= 0.6 is 0 Å². The van der Waals surface area contributed by atoms with Crippen molar-refractivity contribution in [1.82, 2.24) is 4.90 Å². The topological polar surface area (TPSA) is 91.8 Å². The van der Waals surface area contributed by atoms with Crippen LogP contribution in [-0.4, -0.2) is 49.1 Å². The standard InChI is InChI=1S/C13H17NO5S/c1-3-14(4-2)12(15)9-20(18,19)11-7-5-10(6-8-11)13(16)17/h5-8H,3-4,9H2,1-2H3,(H,16,17). The minimum absolute atomic E-state index is 0.000908. The second-order valence-corrected chi connectivity index (χ2v) is 6.14. The molecule has 6 nitrogen and oxygen atoms in total. The Labute approximate surface area is 117 Å². The number of benzene rings is 1. The molecular formula is C13H17NO5S. The second kappa shape index (κ2) is 6.51. The van der Waals surface area contributed by atoms with E-state index in [1.165, 1.54) is 29.2 Å². The van der Waals surface area contributed by atoms with Gasteiger partial charge in [0.25, 0.3) is 0 Å².